The maximum absolute atomic E-state index is 14.4. The van der Waals surface area contributed by atoms with Gasteiger partial charge >= 0.3 is 0 Å². The molecule has 21 heavy (non-hydrogen) atoms. The van der Waals surface area contributed by atoms with E-state index >= 15 is 0 Å². The number of allylic oxidation sites excluding steroid dienone is 1. The number of hydrogen-bond donors (Lipinski definition) is 1. The second-order valence-corrected chi connectivity index (χ2v) is 6.45. The van der Waals surface area contributed by atoms with Crippen molar-refractivity contribution in [2.24, 2.45) is 0 Å². The average Bonchev–Trinajstić information content (AvgIpc) is 2.35. The lowest BCUT2D eigenvalue weighted by Crippen LogP contribution is -2.24. The summed E-state index contributed by atoms with van der Waals surface area (Å²) in [5, 5.41) is 0. The van der Waals surface area contributed by atoms with Crippen LogP contribution in [0.2, 0.25) is 0 Å². The molecule has 0 aromatic heterocycles. The van der Waals surface area contributed by atoms with Crippen LogP contribution in [-0.4, -0.2) is 21.6 Å². The van der Waals surface area contributed by atoms with E-state index < -0.39 is 49.8 Å². The Morgan fingerprint density at radius 2 is 1.71 bits per heavy atom. The van der Waals surface area contributed by atoms with Gasteiger partial charge in [0.1, 0.15) is 0 Å². The minimum atomic E-state index is -4.45. The molecule has 1 aromatic carbocycles. The summed E-state index contributed by atoms with van der Waals surface area (Å²) in [5.74, 6) is -5.50. The molecular formula is C13H16F3NO3S. The number of sulfonamides is 1. The number of halogens is 3. The van der Waals surface area contributed by atoms with Crippen LogP contribution in [0, 0.1) is 17.5 Å². The summed E-state index contributed by atoms with van der Waals surface area (Å²) in [6.45, 7) is 7.62. The Hall–Kier alpha value is -1.54. The first-order valence-electron chi connectivity index (χ1n) is 6.01. The molecule has 0 aliphatic carbocycles. The van der Waals surface area contributed by atoms with Crippen molar-refractivity contribution in [3.63, 3.8) is 0 Å². The SMILES string of the molecule is C=C(C)c1c(F)c(F)c(S(=O)(=O)NC)c(OC(C)C)c1F. The van der Waals surface area contributed by atoms with E-state index in [0.717, 1.165) is 7.05 Å². The molecule has 0 heterocycles. The summed E-state index contributed by atoms with van der Waals surface area (Å²) < 4.78 is 72.9. The van der Waals surface area contributed by atoms with Crippen molar-refractivity contribution in [3.05, 3.63) is 29.6 Å². The van der Waals surface area contributed by atoms with Crippen molar-refractivity contribution >= 4 is 15.6 Å². The monoisotopic (exact) mass is 323 g/mol. The number of benzene rings is 1. The molecule has 0 aliphatic heterocycles. The predicted molar refractivity (Wildman–Crippen MR) is 73.0 cm³/mol. The maximum Gasteiger partial charge on any atom is 0.247 e. The van der Waals surface area contributed by atoms with Gasteiger partial charge in [0.15, 0.2) is 28.1 Å². The second-order valence-electron chi connectivity index (χ2n) is 4.63. The van der Waals surface area contributed by atoms with E-state index in [-0.39, 0.29) is 5.57 Å². The zero-order chi connectivity index (χ0) is 16.5. The minimum Gasteiger partial charge on any atom is -0.486 e. The van der Waals surface area contributed by atoms with Crippen LogP contribution in [0.5, 0.6) is 5.75 Å². The molecule has 8 heteroatoms. The van der Waals surface area contributed by atoms with Gasteiger partial charge in [-0.2, -0.15) is 0 Å². The molecule has 0 saturated heterocycles. The second kappa shape index (κ2) is 6.07. The van der Waals surface area contributed by atoms with Crippen molar-refractivity contribution in [1.29, 1.82) is 0 Å². The van der Waals surface area contributed by atoms with Crippen LogP contribution in [0.1, 0.15) is 26.3 Å². The molecule has 0 bridgehead atoms. The quantitative estimate of drug-likeness (QED) is 0.848. The zero-order valence-electron chi connectivity index (χ0n) is 12.1. The number of hydrogen-bond acceptors (Lipinski definition) is 3. The highest BCUT2D eigenvalue weighted by molar-refractivity contribution is 7.89. The van der Waals surface area contributed by atoms with Crippen LogP contribution in [0.15, 0.2) is 11.5 Å². The summed E-state index contributed by atoms with van der Waals surface area (Å²) in [7, 11) is -3.46. The molecule has 0 spiro atoms. The molecule has 0 unspecified atom stereocenters. The fourth-order valence-electron chi connectivity index (χ4n) is 1.68. The molecule has 0 fully saturated rings. The lowest BCUT2D eigenvalue weighted by atomic mass is 10.1. The van der Waals surface area contributed by atoms with Gasteiger partial charge in [0, 0.05) is 0 Å². The van der Waals surface area contributed by atoms with Crippen molar-refractivity contribution < 1.29 is 26.3 Å². The first-order valence-corrected chi connectivity index (χ1v) is 7.49. The van der Waals surface area contributed by atoms with Gasteiger partial charge < -0.3 is 4.74 Å². The molecule has 0 aliphatic rings. The summed E-state index contributed by atoms with van der Waals surface area (Å²) in [4.78, 5) is -1.20. The third-order valence-electron chi connectivity index (χ3n) is 2.55. The minimum absolute atomic E-state index is 0.0917. The summed E-state index contributed by atoms with van der Waals surface area (Å²) >= 11 is 0. The Balaban J connectivity index is 3.91. The Bertz CT molecular complexity index is 685. The third-order valence-corrected chi connectivity index (χ3v) is 3.99. The van der Waals surface area contributed by atoms with E-state index in [1.807, 2.05) is 4.72 Å². The fraction of sp³-hybridized carbons (Fsp3) is 0.385. The molecule has 1 N–H and O–H groups in total. The maximum atomic E-state index is 14.4. The van der Waals surface area contributed by atoms with Gasteiger partial charge in [-0.05, 0) is 33.4 Å². The normalized spacial score (nSPS) is 11.8. The van der Waals surface area contributed by atoms with Gasteiger partial charge in [0.2, 0.25) is 10.0 Å². The van der Waals surface area contributed by atoms with Crippen molar-refractivity contribution in [1.82, 2.24) is 4.72 Å². The zero-order valence-corrected chi connectivity index (χ0v) is 12.9. The lowest BCUT2D eigenvalue weighted by Gasteiger charge is -2.18. The van der Waals surface area contributed by atoms with Gasteiger partial charge in [-0.1, -0.05) is 6.58 Å². The molecule has 0 amide bonds. The molecule has 0 atom stereocenters. The number of ether oxygens (including phenoxy) is 1. The Morgan fingerprint density at radius 3 is 2.10 bits per heavy atom. The van der Waals surface area contributed by atoms with Gasteiger partial charge in [-0.25, -0.2) is 26.3 Å². The van der Waals surface area contributed by atoms with Crippen LogP contribution in [0.3, 0.4) is 0 Å². The van der Waals surface area contributed by atoms with E-state index in [9.17, 15) is 21.6 Å². The fourth-order valence-corrected chi connectivity index (χ4v) is 2.59. The van der Waals surface area contributed by atoms with Gasteiger partial charge in [0.25, 0.3) is 0 Å². The van der Waals surface area contributed by atoms with Gasteiger partial charge in [-0.3, -0.25) is 0 Å². The van der Waals surface area contributed by atoms with Crippen LogP contribution in [0.25, 0.3) is 5.57 Å². The highest BCUT2D eigenvalue weighted by atomic mass is 32.2. The van der Waals surface area contributed by atoms with E-state index in [1.165, 1.54) is 20.8 Å². The van der Waals surface area contributed by atoms with Crippen molar-refractivity contribution in [2.45, 2.75) is 31.8 Å². The Morgan fingerprint density at radius 1 is 1.19 bits per heavy atom. The smallest absolute Gasteiger partial charge is 0.247 e. The van der Waals surface area contributed by atoms with Crippen molar-refractivity contribution in [2.75, 3.05) is 7.05 Å². The van der Waals surface area contributed by atoms with Gasteiger partial charge in [-0.15, -0.1) is 0 Å². The molecular weight excluding hydrogens is 307 g/mol. The van der Waals surface area contributed by atoms with Crippen LogP contribution in [0.4, 0.5) is 13.2 Å². The Labute approximate surface area is 121 Å². The number of nitrogens with one attached hydrogen (secondary N) is 1. The first-order chi connectivity index (χ1) is 9.54. The summed E-state index contributed by atoms with van der Waals surface area (Å²) in [6, 6.07) is 0. The average molecular weight is 323 g/mol. The molecule has 1 rings (SSSR count). The molecule has 0 saturated carbocycles. The topological polar surface area (TPSA) is 55.4 Å². The number of rotatable bonds is 5. The van der Waals surface area contributed by atoms with E-state index in [4.69, 9.17) is 4.74 Å². The highest BCUT2D eigenvalue weighted by Gasteiger charge is 2.33. The lowest BCUT2D eigenvalue weighted by molar-refractivity contribution is 0.219. The van der Waals surface area contributed by atoms with E-state index in [1.54, 1.807) is 0 Å². The van der Waals surface area contributed by atoms with Gasteiger partial charge in [0.05, 0.1) is 11.7 Å². The summed E-state index contributed by atoms with van der Waals surface area (Å²) in [6.07, 6.45) is -0.645. The standard InChI is InChI=1S/C13H16F3NO3S/c1-6(2)8-9(14)11(16)13(21(18,19)17-5)12(10(8)15)20-7(3)4/h7,17H,1H2,2-5H3. The van der Waals surface area contributed by atoms with Crippen LogP contribution in [-0.2, 0) is 10.0 Å². The molecule has 0 radical (unpaired) electrons. The molecule has 118 valence electrons. The predicted octanol–water partition coefficient (Wildman–Crippen LogP) is 2.83. The first kappa shape index (κ1) is 17.5. The largest absolute Gasteiger partial charge is 0.486 e. The Kier molecular flexibility index (Phi) is 5.06. The van der Waals surface area contributed by atoms with Crippen LogP contribution < -0.4 is 9.46 Å². The van der Waals surface area contributed by atoms with Crippen molar-refractivity contribution in [3.8, 4) is 5.75 Å². The summed E-state index contributed by atoms with van der Waals surface area (Å²) in [5.41, 5.74) is -0.830. The highest BCUT2D eigenvalue weighted by Crippen LogP contribution is 2.37. The molecule has 1 aromatic rings. The molecule has 4 nitrogen and oxygen atoms in total. The van der Waals surface area contributed by atoms with E-state index in [0.29, 0.717) is 0 Å². The van der Waals surface area contributed by atoms with Crippen LogP contribution >= 0.6 is 0 Å². The third kappa shape index (κ3) is 3.21. The van der Waals surface area contributed by atoms with E-state index in [2.05, 4.69) is 6.58 Å².